The molecule has 8 heteroatoms. The van der Waals surface area contributed by atoms with E-state index in [1.807, 2.05) is 24.0 Å². The number of benzene rings is 1. The molecule has 26 heavy (non-hydrogen) atoms. The van der Waals surface area contributed by atoms with Gasteiger partial charge in [0.05, 0.1) is 21.6 Å². The van der Waals surface area contributed by atoms with Crippen molar-refractivity contribution in [1.82, 2.24) is 4.98 Å². The van der Waals surface area contributed by atoms with Crippen LogP contribution < -0.4 is 10.2 Å². The quantitative estimate of drug-likeness (QED) is 0.649. The van der Waals surface area contributed by atoms with Gasteiger partial charge in [-0.05, 0) is 38.0 Å². The van der Waals surface area contributed by atoms with Crippen LogP contribution in [0.5, 0.6) is 0 Å². The van der Waals surface area contributed by atoms with Crippen molar-refractivity contribution in [2.45, 2.75) is 19.8 Å². The van der Waals surface area contributed by atoms with Gasteiger partial charge in [-0.1, -0.05) is 17.7 Å². The lowest BCUT2D eigenvalue weighted by Gasteiger charge is -2.34. The number of nitrogens with one attached hydrogen (secondary N) is 1. The van der Waals surface area contributed by atoms with Gasteiger partial charge in [0.2, 0.25) is 5.91 Å². The molecule has 1 amide bonds. The smallest absolute Gasteiger partial charge is 0.271 e. The van der Waals surface area contributed by atoms with Crippen LogP contribution in [0.1, 0.15) is 18.5 Å². The van der Waals surface area contributed by atoms with Crippen LogP contribution in [-0.2, 0) is 4.79 Å². The maximum atomic E-state index is 12.6. The first-order valence-corrected chi connectivity index (χ1v) is 8.75. The van der Waals surface area contributed by atoms with E-state index in [9.17, 15) is 14.9 Å². The Morgan fingerprint density at radius 1 is 1.38 bits per heavy atom. The molecular formula is C18H19ClN4O3. The Kier molecular flexibility index (Phi) is 5.37. The molecule has 136 valence electrons. The molecule has 1 saturated heterocycles. The predicted molar refractivity (Wildman–Crippen MR) is 101 cm³/mol. The number of halogens is 1. The number of carbonyl (C=O) groups excluding carboxylic acids is 1. The second-order valence-electron chi connectivity index (χ2n) is 6.33. The molecule has 0 spiro atoms. The van der Waals surface area contributed by atoms with E-state index in [2.05, 4.69) is 10.3 Å². The minimum absolute atomic E-state index is 0.0458. The normalized spacial score (nSPS) is 17.0. The van der Waals surface area contributed by atoms with Gasteiger partial charge >= 0.3 is 0 Å². The van der Waals surface area contributed by atoms with E-state index in [1.165, 1.54) is 12.1 Å². The highest BCUT2D eigenvalue weighted by Crippen LogP contribution is 2.32. The van der Waals surface area contributed by atoms with Crippen LogP contribution in [0.15, 0.2) is 36.4 Å². The molecule has 1 atom stereocenters. The molecule has 3 rings (SSSR count). The van der Waals surface area contributed by atoms with Gasteiger partial charge in [0, 0.05) is 30.9 Å². The number of non-ortho nitro benzene ring substituents is 1. The van der Waals surface area contributed by atoms with Crippen molar-refractivity contribution in [2.24, 2.45) is 5.92 Å². The molecule has 0 radical (unpaired) electrons. The lowest BCUT2D eigenvalue weighted by molar-refractivity contribution is -0.384. The third-order valence-corrected chi connectivity index (χ3v) is 4.72. The number of rotatable bonds is 4. The first-order valence-electron chi connectivity index (χ1n) is 8.37. The zero-order valence-corrected chi connectivity index (χ0v) is 15.1. The minimum atomic E-state index is -0.475. The Bertz CT molecular complexity index is 843. The van der Waals surface area contributed by atoms with Crippen molar-refractivity contribution < 1.29 is 9.72 Å². The molecule has 1 aromatic heterocycles. The van der Waals surface area contributed by atoms with E-state index in [1.54, 1.807) is 12.1 Å². The summed E-state index contributed by atoms with van der Waals surface area (Å²) in [4.78, 5) is 29.3. The molecule has 1 fully saturated rings. The molecule has 1 N–H and O–H groups in total. The summed E-state index contributed by atoms with van der Waals surface area (Å²) in [5.41, 5.74) is 1.50. The van der Waals surface area contributed by atoms with Gasteiger partial charge < -0.3 is 10.2 Å². The molecule has 0 bridgehead atoms. The van der Waals surface area contributed by atoms with Gasteiger partial charge in [-0.2, -0.15) is 0 Å². The van der Waals surface area contributed by atoms with Crippen LogP contribution >= 0.6 is 11.6 Å². The molecule has 2 heterocycles. The summed E-state index contributed by atoms with van der Waals surface area (Å²) in [5.74, 6) is 0.267. The predicted octanol–water partition coefficient (Wildman–Crippen LogP) is 3.81. The van der Waals surface area contributed by atoms with E-state index in [4.69, 9.17) is 11.6 Å². The average Bonchev–Trinajstić information content (AvgIpc) is 2.61. The maximum Gasteiger partial charge on any atom is 0.271 e. The topological polar surface area (TPSA) is 88.4 Å². The number of pyridine rings is 1. The van der Waals surface area contributed by atoms with Crippen LogP contribution in [0.25, 0.3) is 0 Å². The first kappa shape index (κ1) is 18.1. The number of piperidine rings is 1. The maximum absolute atomic E-state index is 12.6. The minimum Gasteiger partial charge on any atom is -0.370 e. The van der Waals surface area contributed by atoms with Crippen LogP contribution in [0, 0.1) is 23.0 Å². The second-order valence-corrected chi connectivity index (χ2v) is 6.74. The van der Waals surface area contributed by atoms with E-state index >= 15 is 0 Å². The number of nitrogens with zero attached hydrogens (tertiary/aromatic N) is 3. The fourth-order valence-electron chi connectivity index (χ4n) is 3.12. The van der Waals surface area contributed by atoms with Crippen molar-refractivity contribution in [2.75, 3.05) is 23.3 Å². The molecule has 0 unspecified atom stereocenters. The molecule has 0 aliphatic carbocycles. The Balaban J connectivity index is 1.71. The first-order chi connectivity index (χ1) is 12.4. The molecule has 1 aliphatic rings. The van der Waals surface area contributed by atoms with E-state index in [0.29, 0.717) is 23.1 Å². The summed E-state index contributed by atoms with van der Waals surface area (Å²) >= 11 is 6.22. The highest BCUT2D eigenvalue weighted by Gasteiger charge is 2.27. The zero-order valence-electron chi connectivity index (χ0n) is 14.3. The third kappa shape index (κ3) is 4.11. The van der Waals surface area contributed by atoms with Crippen molar-refractivity contribution >= 4 is 34.7 Å². The summed E-state index contributed by atoms with van der Waals surface area (Å²) in [6.45, 7) is 3.13. The SMILES string of the molecule is Cc1cccc(NC(=O)[C@@H]2CCCN(c3ccc([N+](=O)[O-])cc3Cl)C2)n1. The molecule has 1 aromatic carbocycles. The van der Waals surface area contributed by atoms with Gasteiger partial charge in [-0.15, -0.1) is 0 Å². The van der Waals surface area contributed by atoms with Gasteiger partial charge in [-0.25, -0.2) is 4.98 Å². The molecule has 2 aromatic rings. The van der Waals surface area contributed by atoms with Crippen LogP contribution in [0.3, 0.4) is 0 Å². The zero-order chi connectivity index (χ0) is 18.7. The van der Waals surface area contributed by atoms with Gasteiger partial charge in [0.25, 0.3) is 5.69 Å². The average molecular weight is 375 g/mol. The number of carbonyl (C=O) groups is 1. The Morgan fingerprint density at radius 2 is 2.19 bits per heavy atom. The number of aromatic nitrogens is 1. The summed E-state index contributed by atoms with van der Waals surface area (Å²) in [6.07, 6.45) is 1.62. The van der Waals surface area contributed by atoms with Crippen LogP contribution in [0.4, 0.5) is 17.2 Å². The number of aryl methyl sites for hydroxylation is 1. The van der Waals surface area contributed by atoms with E-state index < -0.39 is 4.92 Å². The van der Waals surface area contributed by atoms with Crippen molar-refractivity contribution in [1.29, 1.82) is 0 Å². The highest BCUT2D eigenvalue weighted by atomic mass is 35.5. The van der Waals surface area contributed by atoms with Gasteiger partial charge in [0.1, 0.15) is 5.82 Å². The third-order valence-electron chi connectivity index (χ3n) is 4.41. The van der Waals surface area contributed by atoms with Crippen molar-refractivity contribution in [3.63, 3.8) is 0 Å². The summed E-state index contributed by atoms with van der Waals surface area (Å²) < 4.78 is 0. The standard InChI is InChI=1S/C18H19ClN4O3/c1-12-4-2-6-17(20-12)21-18(24)13-5-3-9-22(11-13)16-8-7-14(23(25)26)10-15(16)19/h2,4,6-8,10,13H,3,5,9,11H2,1H3,(H,20,21,24)/t13-/m1/s1. The van der Waals surface area contributed by atoms with E-state index in [-0.39, 0.29) is 17.5 Å². The molecular weight excluding hydrogens is 356 g/mol. The largest absolute Gasteiger partial charge is 0.370 e. The van der Waals surface area contributed by atoms with Crippen LogP contribution in [0.2, 0.25) is 5.02 Å². The van der Waals surface area contributed by atoms with Gasteiger partial charge in [0.15, 0.2) is 0 Å². The van der Waals surface area contributed by atoms with Crippen LogP contribution in [-0.4, -0.2) is 28.9 Å². The molecule has 7 nitrogen and oxygen atoms in total. The molecule has 0 saturated carbocycles. The monoisotopic (exact) mass is 374 g/mol. The number of hydrogen-bond acceptors (Lipinski definition) is 5. The Hall–Kier alpha value is -2.67. The highest BCUT2D eigenvalue weighted by molar-refractivity contribution is 6.33. The summed E-state index contributed by atoms with van der Waals surface area (Å²) in [5, 5.41) is 14.0. The number of nitro benzene ring substituents is 1. The van der Waals surface area contributed by atoms with E-state index in [0.717, 1.165) is 25.1 Å². The van der Waals surface area contributed by atoms with Gasteiger partial charge in [-0.3, -0.25) is 14.9 Å². The molecule has 1 aliphatic heterocycles. The van der Waals surface area contributed by atoms with Crippen molar-refractivity contribution in [3.8, 4) is 0 Å². The number of hydrogen-bond donors (Lipinski definition) is 1. The lowest BCUT2D eigenvalue weighted by Crippen LogP contribution is -2.41. The Morgan fingerprint density at radius 3 is 2.88 bits per heavy atom. The fraction of sp³-hybridized carbons (Fsp3) is 0.333. The number of anilines is 2. The summed E-state index contributed by atoms with van der Waals surface area (Å²) in [6, 6.07) is 9.90. The second kappa shape index (κ2) is 7.70. The number of amides is 1. The number of nitro groups is 1. The summed E-state index contributed by atoms with van der Waals surface area (Å²) in [7, 11) is 0. The fourth-order valence-corrected chi connectivity index (χ4v) is 3.41. The lowest BCUT2D eigenvalue weighted by atomic mass is 9.96. The Labute approximate surface area is 156 Å². The van der Waals surface area contributed by atoms with Crippen molar-refractivity contribution in [3.05, 3.63) is 57.2 Å².